The van der Waals surface area contributed by atoms with Crippen molar-refractivity contribution in [3.8, 4) is 0 Å². The number of non-ortho nitro benzene ring substituents is 1. The van der Waals surface area contributed by atoms with Gasteiger partial charge in [-0.3, -0.25) is 14.8 Å². The standard InChI is InChI=1S/C14H10FN3O2/c15-12-3-1-2-10(6-12)8-17-9-11-7-13(18(19)20)4-5-14(11)16-17/h1-7,9H,8H2. The number of hydrogen-bond donors (Lipinski definition) is 0. The summed E-state index contributed by atoms with van der Waals surface area (Å²) < 4.78 is 14.8. The van der Waals surface area contributed by atoms with Crippen LogP contribution < -0.4 is 0 Å². The normalized spacial score (nSPS) is 10.8. The SMILES string of the molecule is O=[N+]([O-])c1ccc2nn(Cc3cccc(F)c3)cc2c1. The molecule has 1 heterocycles. The van der Waals surface area contributed by atoms with E-state index in [1.165, 1.54) is 24.3 Å². The van der Waals surface area contributed by atoms with Gasteiger partial charge in [0, 0.05) is 23.7 Å². The number of halogens is 1. The van der Waals surface area contributed by atoms with E-state index < -0.39 is 4.92 Å². The van der Waals surface area contributed by atoms with Crippen molar-refractivity contribution in [3.63, 3.8) is 0 Å². The minimum Gasteiger partial charge on any atom is -0.267 e. The zero-order chi connectivity index (χ0) is 14.1. The Kier molecular flexibility index (Phi) is 2.90. The fourth-order valence-electron chi connectivity index (χ4n) is 2.08. The average molecular weight is 271 g/mol. The summed E-state index contributed by atoms with van der Waals surface area (Å²) in [4.78, 5) is 10.3. The van der Waals surface area contributed by atoms with E-state index in [9.17, 15) is 14.5 Å². The molecule has 0 bridgehead atoms. The van der Waals surface area contributed by atoms with E-state index in [1.807, 2.05) is 0 Å². The van der Waals surface area contributed by atoms with Gasteiger partial charge in [0.15, 0.2) is 0 Å². The van der Waals surface area contributed by atoms with Crippen molar-refractivity contribution in [3.05, 3.63) is 70.2 Å². The molecule has 0 fully saturated rings. The van der Waals surface area contributed by atoms with Crippen molar-refractivity contribution in [1.82, 2.24) is 9.78 Å². The molecule has 0 spiro atoms. The van der Waals surface area contributed by atoms with Crippen LogP contribution >= 0.6 is 0 Å². The van der Waals surface area contributed by atoms with Crippen molar-refractivity contribution in [2.45, 2.75) is 6.54 Å². The summed E-state index contributed by atoms with van der Waals surface area (Å²) in [6.07, 6.45) is 1.72. The zero-order valence-electron chi connectivity index (χ0n) is 10.4. The topological polar surface area (TPSA) is 61.0 Å². The molecule has 0 unspecified atom stereocenters. The van der Waals surface area contributed by atoms with Gasteiger partial charge in [-0.25, -0.2) is 4.39 Å². The Balaban J connectivity index is 1.95. The first-order valence-electron chi connectivity index (χ1n) is 5.98. The molecule has 6 heteroatoms. The van der Waals surface area contributed by atoms with E-state index in [4.69, 9.17) is 0 Å². The Morgan fingerprint density at radius 1 is 1.25 bits per heavy atom. The molecule has 0 saturated heterocycles. The lowest BCUT2D eigenvalue weighted by molar-refractivity contribution is -0.384. The number of benzene rings is 2. The van der Waals surface area contributed by atoms with Crippen LogP contribution in [0.3, 0.4) is 0 Å². The molecule has 0 aliphatic rings. The Hall–Kier alpha value is -2.76. The van der Waals surface area contributed by atoms with E-state index in [0.717, 1.165) is 5.56 Å². The number of nitrogens with zero attached hydrogens (tertiary/aromatic N) is 3. The predicted octanol–water partition coefficient (Wildman–Crippen LogP) is 3.13. The highest BCUT2D eigenvalue weighted by atomic mass is 19.1. The van der Waals surface area contributed by atoms with Crippen LogP contribution in [0, 0.1) is 15.9 Å². The van der Waals surface area contributed by atoms with Gasteiger partial charge in [-0.2, -0.15) is 5.10 Å². The number of nitro groups is 1. The summed E-state index contributed by atoms with van der Waals surface area (Å²) in [5, 5.41) is 15.7. The van der Waals surface area contributed by atoms with Crippen LogP contribution in [-0.4, -0.2) is 14.7 Å². The fraction of sp³-hybridized carbons (Fsp3) is 0.0714. The monoisotopic (exact) mass is 271 g/mol. The highest BCUT2D eigenvalue weighted by Gasteiger charge is 2.09. The second kappa shape index (κ2) is 4.73. The molecule has 0 N–H and O–H groups in total. The van der Waals surface area contributed by atoms with Crippen LogP contribution in [0.15, 0.2) is 48.7 Å². The van der Waals surface area contributed by atoms with Crippen LogP contribution in [-0.2, 0) is 6.54 Å². The summed E-state index contributed by atoms with van der Waals surface area (Å²) in [5.41, 5.74) is 1.49. The molecule has 1 aromatic heterocycles. The first kappa shape index (κ1) is 12.3. The van der Waals surface area contributed by atoms with Gasteiger partial charge < -0.3 is 0 Å². The molecule has 0 saturated carbocycles. The maximum absolute atomic E-state index is 13.1. The van der Waals surface area contributed by atoms with Crippen LogP contribution in [0.5, 0.6) is 0 Å². The molecule has 0 radical (unpaired) electrons. The highest BCUT2D eigenvalue weighted by molar-refractivity contribution is 5.80. The maximum Gasteiger partial charge on any atom is 0.270 e. The lowest BCUT2D eigenvalue weighted by atomic mass is 10.2. The van der Waals surface area contributed by atoms with Crippen molar-refractivity contribution < 1.29 is 9.31 Å². The highest BCUT2D eigenvalue weighted by Crippen LogP contribution is 2.20. The molecular formula is C14H10FN3O2. The molecular weight excluding hydrogens is 261 g/mol. The van der Waals surface area contributed by atoms with Gasteiger partial charge in [-0.05, 0) is 23.8 Å². The van der Waals surface area contributed by atoms with Crippen molar-refractivity contribution in [2.75, 3.05) is 0 Å². The van der Waals surface area contributed by atoms with Gasteiger partial charge >= 0.3 is 0 Å². The molecule has 100 valence electrons. The van der Waals surface area contributed by atoms with E-state index in [-0.39, 0.29) is 11.5 Å². The van der Waals surface area contributed by atoms with Gasteiger partial charge in [0.1, 0.15) is 5.82 Å². The van der Waals surface area contributed by atoms with E-state index in [1.54, 1.807) is 29.1 Å². The summed E-state index contributed by atoms with van der Waals surface area (Å²) in [6.45, 7) is 0.417. The molecule has 0 aliphatic carbocycles. The third-order valence-electron chi connectivity index (χ3n) is 2.98. The van der Waals surface area contributed by atoms with E-state index >= 15 is 0 Å². The summed E-state index contributed by atoms with van der Waals surface area (Å²) >= 11 is 0. The lowest BCUT2D eigenvalue weighted by Gasteiger charge is -2.01. The van der Waals surface area contributed by atoms with E-state index in [2.05, 4.69) is 5.10 Å². The minimum absolute atomic E-state index is 0.0304. The Morgan fingerprint density at radius 2 is 2.10 bits per heavy atom. The number of rotatable bonds is 3. The summed E-state index contributed by atoms with van der Waals surface area (Å²) in [6, 6.07) is 10.8. The molecule has 3 rings (SSSR count). The van der Waals surface area contributed by atoms with Crippen LogP contribution in [0.1, 0.15) is 5.56 Å². The second-order valence-corrected chi connectivity index (χ2v) is 4.46. The van der Waals surface area contributed by atoms with Crippen molar-refractivity contribution in [1.29, 1.82) is 0 Å². The number of nitro benzene ring substituents is 1. The Bertz CT molecular complexity index is 798. The molecule has 0 aliphatic heterocycles. The van der Waals surface area contributed by atoms with Gasteiger partial charge in [0.05, 0.1) is 17.0 Å². The lowest BCUT2D eigenvalue weighted by Crippen LogP contribution is -1.99. The van der Waals surface area contributed by atoms with Crippen molar-refractivity contribution >= 4 is 16.6 Å². The molecule has 2 aromatic carbocycles. The smallest absolute Gasteiger partial charge is 0.267 e. The number of fused-ring (bicyclic) bond motifs is 1. The third kappa shape index (κ3) is 2.35. The largest absolute Gasteiger partial charge is 0.270 e. The van der Waals surface area contributed by atoms with Gasteiger partial charge in [-0.1, -0.05) is 12.1 Å². The second-order valence-electron chi connectivity index (χ2n) is 4.46. The Labute approximate surface area is 113 Å². The minimum atomic E-state index is -0.441. The van der Waals surface area contributed by atoms with Crippen molar-refractivity contribution in [2.24, 2.45) is 0 Å². The van der Waals surface area contributed by atoms with Gasteiger partial charge in [0.2, 0.25) is 0 Å². The Morgan fingerprint density at radius 3 is 2.85 bits per heavy atom. The average Bonchev–Trinajstić information content (AvgIpc) is 2.79. The zero-order valence-corrected chi connectivity index (χ0v) is 10.4. The quantitative estimate of drug-likeness (QED) is 0.543. The first-order chi connectivity index (χ1) is 9.61. The molecule has 3 aromatic rings. The van der Waals surface area contributed by atoms with Crippen LogP contribution in [0.4, 0.5) is 10.1 Å². The molecule has 0 amide bonds. The molecule has 5 nitrogen and oxygen atoms in total. The third-order valence-corrected chi connectivity index (χ3v) is 2.98. The number of hydrogen-bond acceptors (Lipinski definition) is 3. The number of aromatic nitrogens is 2. The van der Waals surface area contributed by atoms with Crippen LogP contribution in [0.25, 0.3) is 10.9 Å². The fourth-order valence-corrected chi connectivity index (χ4v) is 2.08. The van der Waals surface area contributed by atoms with E-state index in [0.29, 0.717) is 17.4 Å². The van der Waals surface area contributed by atoms with Gasteiger partial charge in [-0.15, -0.1) is 0 Å². The molecule has 20 heavy (non-hydrogen) atoms. The van der Waals surface area contributed by atoms with Gasteiger partial charge in [0.25, 0.3) is 5.69 Å². The predicted molar refractivity (Wildman–Crippen MR) is 71.9 cm³/mol. The first-order valence-corrected chi connectivity index (χ1v) is 5.98. The molecule has 0 atom stereocenters. The summed E-state index contributed by atoms with van der Waals surface area (Å²) in [5.74, 6) is -0.296. The summed E-state index contributed by atoms with van der Waals surface area (Å²) in [7, 11) is 0. The van der Waals surface area contributed by atoms with Crippen LogP contribution in [0.2, 0.25) is 0 Å². The maximum atomic E-state index is 13.1.